The molecule has 7 nitrogen and oxygen atoms in total. The fourth-order valence-electron chi connectivity index (χ4n) is 4.71. The minimum absolute atomic E-state index is 0.0544. The first kappa shape index (κ1) is 26.6. The van der Waals surface area contributed by atoms with Crippen LogP contribution in [0, 0.1) is 5.82 Å². The number of nitrogens with one attached hydrogen (secondary N) is 1. The molecule has 4 aromatic rings. The monoisotopic (exact) mass is 543 g/mol. The molecule has 0 bridgehead atoms. The summed E-state index contributed by atoms with van der Waals surface area (Å²) in [6, 6.07) is 20.3. The number of aromatic nitrogens is 2. The highest BCUT2D eigenvalue weighted by atomic mass is 32.2. The minimum Gasteiger partial charge on any atom is -0.340 e. The van der Waals surface area contributed by atoms with Crippen LogP contribution in [0.3, 0.4) is 0 Å². The normalized spacial score (nSPS) is 14.2. The lowest BCUT2D eigenvalue weighted by Gasteiger charge is -2.31. The quantitative estimate of drug-likeness (QED) is 0.322. The average Bonchev–Trinajstić information content (AvgIpc) is 3.22. The molecular formula is C30H30FN5O2S. The van der Waals surface area contributed by atoms with Crippen molar-refractivity contribution in [2.24, 2.45) is 0 Å². The zero-order valence-corrected chi connectivity index (χ0v) is 22.7. The molecule has 0 radical (unpaired) electrons. The number of para-hydroxylation sites is 1. The third kappa shape index (κ3) is 5.88. The van der Waals surface area contributed by atoms with Crippen molar-refractivity contribution in [1.29, 1.82) is 0 Å². The van der Waals surface area contributed by atoms with Crippen LogP contribution in [-0.2, 0) is 10.2 Å². The average molecular weight is 544 g/mol. The van der Waals surface area contributed by atoms with Gasteiger partial charge < -0.3 is 14.5 Å². The molecule has 0 spiro atoms. The van der Waals surface area contributed by atoms with Crippen LogP contribution in [0.15, 0.2) is 84.0 Å². The van der Waals surface area contributed by atoms with Crippen LogP contribution in [0.1, 0.15) is 36.3 Å². The number of amides is 2. The zero-order valence-electron chi connectivity index (χ0n) is 21.9. The first-order valence-electron chi connectivity index (χ1n) is 12.9. The first-order valence-corrected chi connectivity index (χ1v) is 13.7. The fraction of sp³-hybridized carbons (Fsp3) is 0.267. The molecule has 5 rings (SSSR count). The predicted molar refractivity (Wildman–Crippen MR) is 152 cm³/mol. The van der Waals surface area contributed by atoms with Crippen LogP contribution in [0.25, 0.3) is 10.9 Å². The molecule has 9 heteroatoms. The molecule has 0 aliphatic carbocycles. The zero-order chi connectivity index (χ0) is 27.4. The molecule has 39 heavy (non-hydrogen) atoms. The first-order chi connectivity index (χ1) is 18.8. The molecule has 1 N–H and O–H groups in total. The Morgan fingerprint density at radius 3 is 2.41 bits per heavy atom. The summed E-state index contributed by atoms with van der Waals surface area (Å²) in [7, 11) is 0. The SMILES string of the molecule is CC(C)(C(=O)N1CCCN(C(=O)c2ccc(NSc3cccc4cccnc34)cc2)CC1)c1ccc(F)cn1. The molecule has 0 saturated carbocycles. The van der Waals surface area contributed by atoms with Crippen molar-refractivity contribution in [3.8, 4) is 0 Å². The third-order valence-corrected chi connectivity index (χ3v) is 7.87. The number of pyridine rings is 2. The van der Waals surface area contributed by atoms with Crippen LogP contribution in [-0.4, -0.2) is 57.8 Å². The number of rotatable bonds is 6. The second-order valence-electron chi connectivity index (χ2n) is 10.0. The minimum atomic E-state index is -0.893. The summed E-state index contributed by atoms with van der Waals surface area (Å²) < 4.78 is 16.7. The Labute approximate surface area is 231 Å². The van der Waals surface area contributed by atoms with Crippen molar-refractivity contribution >= 4 is 40.4 Å². The van der Waals surface area contributed by atoms with Gasteiger partial charge >= 0.3 is 0 Å². The van der Waals surface area contributed by atoms with Crippen LogP contribution in [0.4, 0.5) is 10.1 Å². The largest absolute Gasteiger partial charge is 0.340 e. The summed E-state index contributed by atoms with van der Waals surface area (Å²) in [6.07, 6.45) is 3.60. The van der Waals surface area contributed by atoms with E-state index < -0.39 is 11.2 Å². The third-order valence-electron chi connectivity index (χ3n) is 6.98. The van der Waals surface area contributed by atoms with E-state index in [1.54, 1.807) is 35.9 Å². The van der Waals surface area contributed by atoms with E-state index in [-0.39, 0.29) is 11.8 Å². The Hall–Kier alpha value is -3.98. The number of halogens is 1. The smallest absolute Gasteiger partial charge is 0.253 e. The fourth-order valence-corrected chi connectivity index (χ4v) is 5.49. The van der Waals surface area contributed by atoms with Gasteiger partial charge in [0, 0.05) is 49.0 Å². The van der Waals surface area contributed by atoms with E-state index in [0.29, 0.717) is 43.9 Å². The van der Waals surface area contributed by atoms with Gasteiger partial charge in [-0.05, 0) is 80.7 Å². The number of hydrogen-bond donors (Lipinski definition) is 1. The van der Waals surface area contributed by atoms with E-state index >= 15 is 0 Å². The van der Waals surface area contributed by atoms with Gasteiger partial charge in [0.05, 0.1) is 27.7 Å². The molecular weight excluding hydrogens is 513 g/mol. The molecule has 1 aliphatic rings. The molecule has 0 atom stereocenters. The molecule has 0 unspecified atom stereocenters. The van der Waals surface area contributed by atoms with Crippen molar-refractivity contribution in [3.63, 3.8) is 0 Å². The van der Waals surface area contributed by atoms with Gasteiger partial charge in [-0.2, -0.15) is 0 Å². The van der Waals surface area contributed by atoms with Gasteiger partial charge in [0.25, 0.3) is 5.91 Å². The van der Waals surface area contributed by atoms with Crippen LogP contribution in [0.2, 0.25) is 0 Å². The highest BCUT2D eigenvalue weighted by Gasteiger charge is 2.36. The summed E-state index contributed by atoms with van der Waals surface area (Å²) in [4.78, 5) is 39.8. The van der Waals surface area contributed by atoms with E-state index in [1.165, 1.54) is 18.0 Å². The van der Waals surface area contributed by atoms with Gasteiger partial charge in [-0.15, -0.1) is 0 Å². The van der Waals surface area contributed by atoms with Crippen molar-refractivity contribution in [3.05, 3.63) is 96.2 Å². The maximum absolute atomic E-state index is 13.4. The molecule has 2 amide bonds. The lowest BCUT2D eigenvalue weighted by molar-refractivity contribution is -0.136. The maximum Gasteiger partial charge on any atom is 0.253 e. The topological polar surface area (TPSA) is 78.4 Å². The van der Waals surface area contributed by atoms with Crippen molar-refractivity contribution in [1.82, 2.24) is 19.8 Å². The number of carbonyl (C=O) groups is 2. The number of hydrogen-bond acceptors (Lipinski definition) is 6. The highest BCUT2D eigenvalue weighted by Crippen LogP contribution is 2.28. The van der Waals surface area contributed by atoms with Crippen LogP contribution < -0.4 is 4.72 Å². The molecule has 1 saturated heterocycles. The number of carbonyl (C=O) groups excluding carboxylic acids is 2. The van der Waals surface area contributed by atoms with E-state index in [1.807, 2.05) is 54.6 Å². The summed E-state index contributed by atoms with van der Waals surface area (Å²) in [5.41, 5.74) is 2.06. The predicted octanol–water partition coefficient (Wildman–Crippen LogP) is 5.54. The summed E-state index contributed by atoms with van der Waals surface area (Å²) in [5, 5.41) is 1.08. The Balaban J connectivity index is 1.19. The Morgan fingerprint density at radius 2 is 1.64 bits per heavy atom. The van der Waals surface area contributed by atoms with E-state index in [0.717, 1.165) is 27.7 Å². The van der Waals surface area contributed by atoms with Crippen molar-refractivity contribution < 1.29 is 14.0 Å². The molecule has 3 heterocycles. The lowest BCUT2D eigenvalue weighted by Crippen LogP contribution is -2.45. The van der Waals surface area contributed by atoms with Gasteiger partial charge in [-0.1, -0.05) is 18.2 Å². The maximum atomic E-state index is 13.4. The van der Waals surface area contributed by atoms with Crippen LogP contribution >= 0.6 is 11.9 Å². The van der Waals surface area contributed by atoms with E-state index in [2.05, 4.69) is 14.7 Å². The molecule has 1 aliphatic heterocycles. The Kier molecular flexibility index (Phi) is 7.79. The van der Waals surface area contributed by atoms with Gasteiger partial charge in [0.2, 0.25) is 5.91 Å². The van der Waals surface area contributed by atoms with Crippen molar-refractivity contribution in [2.45, 2.75) is 30.6 Å². The Morgan fingerprint density at radius 1 is 0.897 bits per heavy atom. The van der Waals surface area contributed by atoms with Gasteiger partial charge in [-0.3, -0.25) is 19.6 Å². The van der Waals surface area contributed by atoms with Crippen molar-refractivity contribution in [2.75, 3.05) is 30.9 Å². The second-order valence-corrected chi connectivity index (χ2v) is 10.9. The van der Waals surface area contributed by atoms with E-state index in [9.17, 15) is 14.0 Å². The standard InChI is InChI=1S/C30H30FN5O2S/c1-30(2,26-14-11-23(31)20-33-26)29(38)36-17-5-16-35(18-19-36)28(37)22-9-12-24(13-10-22)34-39-25-8-3-6-21-7-4-15-32-27(21)25/h3-4,6-15,20,34H,5,16-19H2,1-2H3. The number of anilines is 1. The molecule has 200 valence electrons. The van der Waals surface area contributed by atoms with E-state index in [4.69, 9.17) is 0 Å². The van der Waals surface area contributed by atoms with Crippen LogP contribution in [0.5, 0.6) is 0 Å². The van der Waals surface area contributed by atoms with Gasteiger partial charge in [-0.25, -0.2) is 4.39 Å². The molecule has 2 aromatic heterocycles. The van der Waals surface area contributed by atoms with Gasteiger partial charge in [0.15, 0.2) is 0 Å². The number of benzene rings is 2. The summed E-state index contributed by atoms with van der Waals surface area (Å²) in [6.45, 7) is 5.60. The Bertz CT molecular complexity index is 1470. The molecule has 2 aromatic carbocycles. The number of nitrogens with zero attached hydrogens (tertiary/aromatic N) is 4. The highest BCUT2D eigenvalue weighted by molar-refractivity contribution is 8.00. The second kappa shape index (κ2) is 11.4. The summed E-state index contributed by atoms with van der Waals surface area (Å²) >= 11 is 1.48. The summed E-state index contributed by atoms with van der Waals surface area (Å²) in [5.74, 6) is -0.568. The molecule has 1 fully saturated rings. The number of fused-ring (bicyclic) bond motifs is 1. The lowest BCUT2D eigenvalue weighted by atomic mass is 9.87. The van der Waals surface area contributed by atoms with Gasteiger partial charge in [0.1, 0.15) is 5.82 Å².